The fourth-order valence-electron chi connectivity index (χ4n) is 2.53. The predicted octanol–water partition coefficient (Wildman–Crippen LogP) is 2.32. The molecule has 1 atom stereocenters. The largest absolute Gasteiger partial charge is 0.372 e. The molecule has 3 rings (SSSR count). The molecule has 0 aliphatic carbocycles. The summed E-state index contributed by atoms with van der Waals surface area (Å²) in [6, 6.07) is 2.36. The highest BCUT2D eigenvalue weighted by Gasteiger charge is 2.23. The van der Waals surface area contributed by atoms with Crippen molar-refractivity contribution < 1.29 is 0 Å². The van der Waals surface area contributed by atoms with Gasteiger partial charge in [-0.05, 0) is 34.8 Å². The number of nitrogens with one attached hydrogen (secondary N) is 1. The van der Waals surface area contributed by atoms with E-state index in [0.29, 0.717) is 6.04 Å². The Hall–Kier alpha value is -1.63. The topological polar surface area (TPSA) is 58.9 Å². The molecule has 6 nitrogen and oxygen atoms in total. The van der Waals surface area contributed by atoms with Crippen LogP contribution in [0.3, 0.4) is 0 Å². The van der Waals surface area contributed by atoms with E-state index in [4.69, 9.17) is 0 Å². The van der Waals surface area contributed by atoms with E-state index in [1.807, 2.05) is 30.2 Å². The normalized spacial score (nSPS) is 19.1. The summed E-state index contributed by atoms with van der Waals surface area (Å²) in [5.74, 6) is 1.59. The zero-order chi connectivity index (χ0) is 13.9. The van der Waals surface area contributed by atoms with Crippen LogP contribution in [0.25, 0.3) is 0 Å². The quantitative estimate of drug-likeness (QED) is 0.932. The molecule has 3 heterocycles. The molecule has 0 bridgehead atoms. The molecule has 0 saturated carbocycles. The van der Waals surface area contributed by atoms with Crippen LogP contribution in [-0.2, 0) is 0 Å². The van der Waals surface area contributed by atoms with Gasteiger partial charge in [0.2, 0.25) is 5.95 Å². The van der Waals surface area contributed by atoms with Crippen LogP contribution < -0.4 is 10.2 Å². The number of hydrogen-bond acceptors (Lipinski definition) is 5. The van der Waals surface area contributed by atoms with Crippen LogP contribution in [0.5, 0.6) is 0 Å². The molecule has 1 aliphatic heterocycles. The second-order valence-electron chi connectivity index (χ2n) is 4.84. The van der Waals surface area contributed by atoms with Crippen LogP contribution in [0.1, 0.15) is 18.9 Å². The Bertz CT molecular complexity index is 570. The molecule has 7 heteroatoms. The molecule has 1 fully saturated rings. The van der Waals surface area contributed by atoms with Gasteiger partial charge in [-0.25, -0.2) is 4.98 Å². The van der Waals surface area contributed by atoms with Gasteiger partial charge in [0.25, 0.3) is 0 Å². The zero-order valence-corrected chi connectivity index (χ0v) is 12.9. The van der Waals surface area contributed by atoms with E-state index in [1.54, 1.807) is 6.20 Å². The predicted molar refractivity (Wildman–Crippen MR) is 82.0 cm³/mol. The summed E-state index contributed by atoms with van der Waals surface area (Å²) in [7, 11) is 1.86. The van der Waals surface area contributed by atoms with Gasteiger partial charge in [-0.1, -0.05) is 0 Å². The van der Waals surface area contributed by atoms with Gasteiger partial charge in [-0.3, -0.25) is 4.68 Å². The standard InChI is InChI=1S/C13H17BrN6/c1-15-12-11(14)8-16-13(18-12)19-6-2-4-10(9-19)20-7-3-5-17-20/h3,5,7-8,10H,2,4,6,9H2,1H3,(H,15,16,18)/t10-/m1/s1. The van der Waals surface area contributed by atoms with E-state index >= 15 is 0 Å². The van der Waals surface area contributed by atoms with Crippen LogP contribution in [0.15, 0.2) is 29.1 Å². The van der Waals surface area contributed by atoms with Gasteiger partial charge in [0.1, 0.15) is 5.82 Å². The summed E-state index contributed by atoms with van der Waals surface area (Å²) in [5, 5.41) is 7.42. The molecule has 2 aromatic heterocycles. The minimum atomic E-state index is 0.393. The Morgan fingerprint density at radius 3 is 3.10 bits per heavy atom. The highest BCUT2D eigenvalue weighted by molar-refractivity contribution is 9.10. The number of hydrogen-bond donors (Lipinski definition) is 1. The number of aromatic nitrogens is 4. The molecular formula is C13H17BrN6. The van der Waals surface area contributed by atoms with Crippen molar-refractivity contribution >= 4 is 27.7 Å². The fraction of sp³-hybridized carbons (Fsp3) is 0.462. The molecule has 1 saturated heterocycles. The molecule has 20 heavy (non-hydrogen) atoms. The number of halogens is 1. The first-order chi connectivity index (χ1) is 9.78. The molecular weight excluding hydrogens is 320 g/mol. The lowest BCUT2D eigenvalue weighted by Crippen LogP contribution is -2.37. The molecule has 0 amide bonds. The van der Waals surface area contributed by atoms with Crippen molar-refractivity contribution in [2.24, 2.45) is 0 Å². The molecule has 2 aromatic rings. The summed E-state index contributed by atoms with van der Waals surface area (Å²) in [6.45, 7) is 1.88. The maximum absolute atomic E-state index is 4.56. The van der Waals surface area contributed by atoms with Crippen LogP contribution in [-0.4, -0.2) is 39.9 Å². The number of anilines is 2. The number of piperidine rings is 1. The molecule has 106 valence electrons. The Balaban J connectivity index is 1.80. The summed E-state index contributed by atoms with van der Waals surface area (Å²) in [4.78, 5) is 11.2. The Kier molecular flexibility index (Phi) is 3.86. The molecule has 0 unspecified atom stereocenters. The van der Waals surface area contributed by atoms with Crippen LogP contribution in [0.4, 0.5) is 11.8 Å². The van der Waals surface area contributed by atoms with Crippen molar-refractivity contribution in [3.8, 4) is 0 Å². The Labute approximate surface area is 126 Å². The van der Waals surface area contributed by atoms with Gasteiger partial charge in [0.05, 0.1) is 10.5 Å². The van der Waals surface area contributed by atoms with E-state index < -0.39 is 0 Å². The third kappa shape index (κ3) is 2.63. The van der Waals surface area contributed by atoms with Crippen molar-refractivity contribution in [2.75, 3.05) is 30.4 Å². The van der Waals surface area contributed by atoms with E-state index in [-0.39, 0.29) is 0 Å². The van der Waals surface area contributed by atoms with E-state index in [1.165, 1.54) is 0 Å². The Morgan fingerprint density at radius 1 is 1.45 bits per heavy atom. The minimum absolute atomic E-state index is 0.393. The summed E-state index contributed by atoms with van der Waals surface area (Å²) >= 11 is 3.44. The first-order valence-electron chi connectivity index (χ1n) is 6.72. The lowest BCUT2D eigenvalue weighted by atomic mass is 10.1. The highest BCUT2D eigenvalue weighted by Crippen LogP contribution is 2.26. The highest BCUT2D eigenvalue weighted by atomic mass is 79.9. The van der Waals surface area contributed by atoms with Crippen molar-refractivity contribution in [3.63, 3.8) is 0 Å². The maximum Gasteiger partial charge on any atom is 0.227 e. The van der Waals surface area contributed by atoms with Gasteiger partial charge >= 0.3 is 0 Å². The smallest absolute Gasteiger partial charge is 0.227 e. The second-order valence-corrected chi connectivity index (χ2v) is 5.70. The third-order valence-electron chi connectivity index (χ3n) is 3.55. The maximum atomic E-state index is 4.56. The van der Waals surface area contributed by atoms with Gasteiger partial charge in [-0.15, -0.1) is 0 Å². The van der Waals surface area contributed by atoms with Crippen LogP contribution >= 0.6 is 15.9 Å². The number of nitrogens with zero attached hydrogens (tertiary/aromatic N) is 5. The van der Waals surface area contributed by atoms with Gasteiger partial charge in [-0.2, -0.15) is 10.1 Å². The second kappa shape index (κ2) is 5.78. The van der Waals surface area contributed by atoms with Crippen LogP contribution in [0.2, 0.25) is 0 Å². The zero-order valence-electron chi connectivity index (χ0n) is 11.3. The minimum Gasteiger partial charge on any atom is -0.372 e. The van der Waals surface area contributed by atoms with Crippen molar-refractivity contribution in [2.45, 2.75) is 18.9 Å². The number of rotatable bonds is 3. The first kappa shape index (κ1) is 13.4. The average Bonchev–Trinajstić information content (AvgIpc) is 3.02. The SMILES string of the molecule is CNc1nc(N2CCC[C@@H](n3cccn3)C2)ncc1Br. The van der Waals surface area contributed by atoms with E-state index in [2.05, 4.69) is 41.2 Å². The van der Waals surface area contributed by atoms with Gasteiger partial charge in [0.15, 0.2) is 0 Å². The first-order valence-corrected chi connectivity index (χ1v) is 7.51. The van der Waals surface area contributed by atoms with Gasteiger partial charge in [0, 0.05) is 38.7 Å². The molecule has 0 aromatic carbocycles. The summed E-state index contributed by atoms with van der Waals surface area (Å²) < 4.78 is 2.91. The lowest BCUT2D eigenvalue weighted by molar-refractivity contribution is 0.373. The lowest BCUT2D eigenvalue weighted by Gasteiger charge is -2.33. The van der Waals surface area contributed by atoms with Crippen molar-refractivity contribution in [1.29, 1.82) is 0 Å². The summed E-state index contributed by atoms with van der Waals surface area (Å²) in [6.07, 6.45) is 7.92. The van der Waals surface area contributed by atoms with Gasteiger partial charge < -0.3 is 10.2 Å². The van der Waals surface area contributed by atoms with Crippen molar-refractivity contribution in [3.05, 3.63) is 29.1 Å². The third-order valence-corrected chi connectivity index (χ3v) is 4.13. The van der Waals surface area contributed by atoms with Crippen molar-refractivity contribution in [1.82, 2.24) is 19.7 Å². The fourth-order valence-corrected chi connectivity index (χ4v) is 2.92. The molecule has 0 spiro atoms. The molecule has 1 N–H and O–H groups in total. The van der Waals surface area contributed by atoms with E-state index in [0.717, 1.165) is 42.2 Å². The van der Waals surface area contributed by atoms with Crippen LogP contribution in [0, 0.1) is 0 Å². The monoisotopic (exact) mass is 336 g/mol. The Morgan fingerprint density at radius 2 is 2.35 bits per heavy atom. The summed E-state index contributed by atoms with van der Waals surface area (Å²) in [5.41, 5.74) is 0. The average molecular weight is 337 g/mol. The molecule has 0 radical (unpaired) electrons. The molecule has 1 aliphatic rings. The van der Waals surface area contributed by atoms with E-state index in [9.17, 15) is 0 Å².